The molecule has 6 nitrogen and oxygen atoms in total. The minimum absolute atomic E-state index is 0.106. The van der Waals surface area contributed by atoms with Crippen LogP contribution < -0.4 is 0 Å². The molecule has 0 radical (unpaired) electrons. The van der Waals surface area contributed by atoms with Gasteiger partial charge in [0.05, 0.1) is 5.92 Å². The van der Waals surface area contributed by atoms with Crippen molar-refractivity contribution >= 4 is 11.9 Å². The molecule has 1 amide bonds. The fourth-order valence-corrected chi connectivity index (χ4v) is 2.06. The molecule has 2 aromatic rings. The topological polar surface area (TPSA) is 83.6 Å². The fourth-order valence-electron chi connectivity index (χ4n) is 2.06. The Bertz CT molecular complexity index is 651. The summed E-state index contributed by atoms with van der Waals surface area (Å²) in [6.07, 6.45) is 0. The molecule has 0 saturated heterocycles. The van der Waals surface area contributed by atoms with Crippen molar-refractivity contribution in [1.82, 2.24) is 10.1 Å². The first-order valence-electron chi connectivity index (χ1n) is 6.96. The van der Waals surface area contributed by atoms with Crippen LogP contribution in [0.25, 0.3) is 0 Å². The van der Waals surface area contributed by atoms with Gasteiger partial charge >= 0.3 is 5.97 Å². The second-order valence-electron chi connectivity index (χ2n) is 5.23. The minimum atomic E-state index is -0.942. The van der Waals surface area contributed by atoms with Crippen LogP contribution in [0.15, 0.2) is 40.9 Å². The SMILES string of the molecule is Cc1cc(C(=O)N(Cc2ccccc2)CC(C)C(=O)O)no1. The predicted molar refractivity (Wildman–Crippen MR) is 79.2 cm³/mol. The van der Waals surface area contributed by atoms with Gasteiger partial charge in [-0.1, -0.05) is 42.4 Å². The third-order valence-electron chi connectivity index (χ3n) is 3.27. The number of aliphatic carboxylic acids is 1. The van der Waals surface area contributed by atoms with Gasteiger partial charge in [0, 0.05) is 19.2 Å². The second kappa shape index (κ2) is 6.89. The summed E-state index contributed by atoms with van der Waals surface area (Å²) in [5.74, 6) is -1.41. The zero-order valence-corrected chi connectivity index (χ0v) is 12.5. The number of rotatable bonds is 6. The number of aryl methyl sites for hydroxylation is 1. The van der Waals surface area contributed by atoms with Crippen molar-refractivity contribution in [2.45, 2.75) is 20.4 Å². The number of carbonyl (C=O) groups is 2. The van der Waals surface area contributed by atoms with Gasteiger partial charge < -0.3 is 14.5 Å². The van der Waals surface area contributed by atoms with E-state index in [-0.39, 0.29) is 18.1 Å². The smallest absolute Gasteiger partial charge is 0.308 e. The molecule has 1 heterocycles. The van der Waals surface area contributed by atoms with E-state index < -0.39 is 11.9 Å². The van der Waals surface area contributed by atoms with Gasteiger partial charge in [0.25, 0.3) is 5.91 Å². The van der Waals surface area contributed by atoms with Gasteiger partial charge in [0.1, 0.15) is 5.76 Å². The number of nitrogens with zero attached hydrogens (tertiary/aromatic N) is 2. The molecule has 1 unspecified atom stereocenters. The van der Waals surface area contributed by atoms with Crippen LogP contribution in [0.3, 0.4) is 0 Å². The highest BCUT2D eigenvalue weighted by Gasteiger charge is 2.24. The number of carboxylic acid groups (broad SMARTS) is 1. The summed E-state index contributed by atoms with van der Waals surface area (Å²) >= 11 is 0. The molecule has 1 aromatic heterocycles. The molecule has 0 fully saturated rings. The minimum Gasteiger partial charge on any atom is -0.481 e. The lowest BCUT2D eigenvalue weighted by Crippen LogP contribution is -2.36. The van der Waals surface area contributed by atoms with E-state index in [0.29, 0.717) is 12.3 Å². The molecule has 0 aliphatic rings. The molecule has 0 bridgehead atoms. The number of benzene rings is 1. The number of amides is 1. The number of carboxylic acids is 1. The van der Waals surface area contributed by atoms with Gasteiger partial charge in [-0.15, -0.1) is 0 Å². The molecule has 0 aliphatic carbocycles. The van der Waals surface area contributed by atoms with Crippen LogP contribution >= 0.6 is 0 Å². The second-order valence-corrected chi connectivity index (χ2v) is 5.23. The van der Waals surface area contributed by atoms with Crippen LogP contribution in [-0.2, 0) is 11.3 Å². The van der Waals surface area contributed by atoms with E-state index in [0.717, 1.165) is 5.56 Å². The summed E-state index contributed by atoms with van der Waals surface area (Å²) in [6, 6.07) is 11.0. The van der Waals surface area contributed by atoms with Gasteiger partial charge in [-0.2, -0.15) is 0 Å². The first kappa shape index (κ1) is 15.8. The van der Waals surface area contributed by atoms with E-state index >= 15 is 0 Å². The van der Waals surface area contributed by atoms with Crippen molar-refractivity contribution in [2.24, 2.45) is 5.92 Å². The maximum atomic E-state index is 12.5. The van der Waals surface area contributed by atoms with Crippen LogP contribution in [0.1, 0.15) is 28.7 Å². The quantitative estimate of drug-likeness (QED) is 0.885. The number of aromatic nitrogens is 1. The van der Waals surface area contributed by atoms with Gasteiger partial charge in [-0.25, -0.2) is 0 Å². The van der Waals surface area contributed by atoms with Crippen molar-refractivity contribution in [3.8, 4) is 0 Å². The van der Waals surface area contributed by atoms with Gasteiger partial charge in [-0.05, 0) is 12.5 Å². The van der Waals surface area contributed by atoms with Crippen molar-refractivity contribution in [1.29, 1.82) is 0 Å². The average molecular weight is 302 g/mol. The van der Waals surface area contributed by atoms with E-state index in [1.165, 1.54) is 4.90 Å². The van der Waals surface area contributed by atoms with Crippen molar-refractivity contribution in [3.05, 3.63) is 53.4 Å². The fraction of sp³-hybridized carbons (Fsp3) is 0.312. The first-order valence-corrected chi connectivity index (χ1v) is 6.96. The molecule has 6 heteroatoms. The van der Waals surface area contributed by atoms with Crippen molar-refractivity contribution in [3.63, 3.8) is 0 Å². The third-order valence-corrected chi connectivity index (χ3v) is 3.27. The molecule has 1 N–H and O–H groups in total. The lowest BCUT2D eigenvalue weighted by Gasteiger charge is -2.23. The maximum Gasteiger partial charge on any atom is 0.308 e. The first-order chi connectivity index (χ1) is 10.5. The van der Waals surface area contributed by atoms with Crippen LogP contribution in [0.2, 0.25) is 0 Å². The monoisotopic (exact) mass is 302 g/mol. The summed E-state index contributed by atoms with van der Waals surface area (Å²) in [5, 5.41) is 12.8. The molecule has 0 spiro atoms. The third kappa shape index (κ3) is 3.94. The summed E-state index contributed by atoms with van der Waals surface area (Å²) in [7, 11) is 0. The molecule has 0 saturated carbocycles. The molecular weight excluding hydrogens is 284 g/mol. The van der Waals surface area contributed by atoms with Crippen LogP contribution in [0.4, 0.5) is 0 Å². The van der Waals surface area contributed by atoms with Gasteiger partial charge in [0.15, 0.2) is 5.69 Å². The maximum absolute atomic E-state index is 12.5. The molecule has 1 aromatic carbocycles. The number of hydrogen-bond acceptors (Lipinski definition) is 4. The van der Waals surface area contributed by atoms with Crippen LogP contribution in [-0.4, -0.2) is 33.6 Å². The zero-order valence-electron chi connectivity index (χ0n) is 12.5. The summed E-state index contributed by atoms with van der Waals surface area (Å²) in [5.41, 5.74) is 1.11. The molecule has 0 aliphatic heterocycles. The van der Waals surface area contributed by atoms with E-state index in [9.17, 15) is 9.59 Å². The van der Waals surface area contributed by atoms with E-state index in [4.69, 9.17) is 9.63 Å². The predicted octanol–water partition coefficient (Wildman–Crippen LogP) is 2.35. The summed E-state index contributed by atoms with van der Waals surface area (Å²) in [6.45, 7) is 3.70. The Hall–Kier alpha value is -2.63. The van der Waals surface area contributed by atoms with Crippen LogP contribution in [0, 0.1) is 12.8 Å². The molecule has 2 rings (SSSR count). The van der Waals surface area contributed by atoms with Gasteiger partial charge in [-0.3, -0.25) is 9.59 Å². The normalized spacial score (nSPS) is 11.9. The van der Waals surface area contributed by atoms with E-state index in [1.807, 2.05) is 30.3 Å². The molecule has 1 atom stereocenters. The van der Waals surface area contributed by atoms with Gasteiger partial charge in [0.2, 0.25) is 0 Å². The van der Waals surface area contributed by atoms with Crippen LogP contribution in [0.5, 0.6) is 0 Å². The number of hydrogen-bond donors (Lipinski definition) is 1. The Kier molecular flexibility index (Phi) is 4.93. The lowest BCUT2D eigenvalue weighted by molar-refractivity contribution is -0.141. The highest BCUT2D eigenvalue weighted by molar-refractivity contribution is 5.92. The van der Waals surface area contributed by atoms with Crippen molar-refractivity contribution < 1.29 is 19.2 Å². The highest BCUT2D eigenvalue weighted by atomic mass is 16.5. The largest absolute Gasteiger partial charge is 0.481 e. The Labute approximate surface area is 128 Å². The van der Waals surface area contributed by atoms with E-state index in [2.05, 4.69) is 5.16 Å². The Morgan fingerprint density at radius 3 is 2.55 bits per heavy atom. The lowest BCUT2D eigenvalue weighted by atomic mass is 10.1. The summed E-state index contributed by atoms with van der Waals surface area (Å²) < 4.78 is 4.92. The molecule has 22 heavy (non-hydrogen) atoms. The Morgan fingerprint density at radius 2 is 2.00 bits per heavy atom. The summed E-state index contributed by atoms with van der Waals surface area (Å²) in [4.78, 5) is 25.1. The highest BCUT2D eigenvalue weighted by Crippen LogP contribution is 2.13. The Balaban J connectivity index is 2.20. The molecule has 116 valence electrons. The standard InChI is InChI=1S/C16H18N2O4/c1-11(16(20)21)9-18(10-13-6-4-3-5-7-13)15(19)14-8-12(2)22-17-14/h3-8,11H,9-10H2,1-2H3,(H,20,21). The van der Waals surface area contributed by atoms with Crippen molar-refractivity contribution in [2.75, 3.05) is 6.54 Å². The Morgan fingerprint density at radius 1 is 1.32 bits per heavy atom. The molecular formula is C16H18N2O4. The van der Waals surface area contributed by atoms with E-state index in [1.54, 1.807) is 19.9 Å². The average Bonchev–Trinajstić information content (AvgIpc) is 2.93. The zero-order chi connectivity index (χ0) is 16.1. The number of carbonyl (C=O) groups excluding carboxylic acids is 1.